The summed E-state index contributed by atoms with van der Waals surface area (Å²) in [5.41, 5.74) is 0.0145. The van der Waals surface area contributed by atoms with Gasteiger partial charge in [0.1, 0.15) is 5.60 Å². The number of aromatic nitrogens is 1. The van der Waals surface area contributed by atoms with Crippen molar-refractivity contribution in [1.82, 2.24) is 4.98 Å². The number of thiophene rings is 1. The largest absolute Gasteiger partial charge is 0.444 e. The van der Waals surface area contributed by atoms with E-state index in [0.29, 0.717) is 15.7 Å². The Kier molecular flexibility index (Phi) is 4.67. The van der Waals surface area contributed by atoms with Gasteiger partial charge in [-0.15, -0.1) is 27.6 Å². The number of ether oxygens (including phenoxy) is 1. The van der Waals surface area contributed by atoms with E-state index >= 15 is 0 Å². The smallest absolute Gasteiger partial charge is 0.413 e. The van der Waals surface area contributed by atoms with E-state index in [1.165, 1.54) is 17.4 Å². The van der Waals surface area contributed by atoms with Crippen LogP contribution in [0.1, 0.15) is 30.4 Å². The van der Waals surface area contributed by atoms with Gasteiger partial charge in [-0.3, -0.25) is 10.1 Å². The number of carbonyl (C=O) groups excluding carboxylic acids is 2. The van der Waals surface area contributed by atoms with Gasteiger partial charge in [-0.1, -0.05) is 0 Å². The molecule has 2 aromatic heterocycles. The second-order valence-corrected chi connectivity index (χ2v) is 7.17. The minimum atomic E-state index is -0.807. The zero-order valence-electron chi connectivity index (χ0n) is 12.1. The van der Waals surface area contributed by atoms with E-state index < -0.39 is 17.6 Å². The molecule has 0 unspecified atom stereocenters. The lowest BCUT2D eigenvalue weighted by molar-refractivity contribution is 0.0635. The fraction of sp³-hybridized carbons (Fsp3) is 0.308. The summed E-state index contributed by atoms with van der Waals surface area (Å²) in [6.07, 6.45) is -0.583. The fourth-order valence-corrected chi connectivity index (χ4v) is 3.08. The molecule has 2 amide bonds. The van der Waals surface area contributed by atoms with Crippen molar-refractivity contribution >= 4 is 39.8 Å². The molecule has 2 heterocycles. The van der Waals surface area contributed by atoms with Gasteiger partial charge in [0.25, 0.3) is 0 Å². The molecule has 2 aromatic rings. The molecule has 0 radical (unpaired) electrons. The summed E-state index contributed by atoms with van der Waals surface area (Å²) in [4.78, 5) is 38.3. The maximum Gasteiger partial charge on any atom is 0.413 e. The molecular formula is C13H13N3O4S2. The summed E-state index contributed by atoms with van der Waals surface area (Å²) < 4.78 is 5.13. The summed E-state index contributed by atoms with van der Waals surface area (Å²) in [6.45, 7) is 5.31. The Morgan fingerprint density at radius 1 is 1.32 bits per heavy atom. The van der Waals surface area contributed by atoms with Crippen molar-refractivity contribution in [2.45, 2.75) is 26.4 Å². The number of thiazole rings is 1. The molecule has 7 nitrogen and oxygen atoms in total. The Hall–Kier alpha value is -2.13. The van der Waals surface area contributed by atoms with E-state index in [9.17, 15) is 14.5 Å². The lowest BCUT2D eigenvalue weighted by Gasteiger charge is -2.18. The van der Waals surface area contributed by atoms with Gasteiger partial charge in [-0.2, -0.15) is 0 Å². The highest BCUT2D eigenvalue weighted by atomic mass is 32.1. The highest BCUT2D eigenvalue weighted by Crippen LogP contribution is 2.31. The van der Waals surface area contributed by atoms with E-state index in [4.69, 9.17) is 4.74 Å². The summed E-state index contributed by atoms with van der Waals surface area (Å²) >= 11 is 2.35. The minimum absolute atomic E-state index is 0.250. The standard InChI is InChI=1S/C13H13N3O4S2/c1-13(2,3)20-12(18)15-11-14-7(6-21-11)8-4-5-9(22-8)10(17)16-19/h4-6H,1-3H3,(H,14,15,18). The maximum absolute atomic E-state index is 11.7. The number of nitrogens with zero attached hydrogens (tertiary/aromatic N) is 2. The van der Waals surface area contributed by atoms with Crippen molar-refractivity contribution in [2.24, 2.45) is 5.18 Å². The molecular weight excluding hydrogens is 326 g/mol. The van der Waals surface area contributed by atoms with Crippen molar-refractivity contribution in [3.8, 4) is 10.6 Å². The van der Waals surface area contributed by atoms with Gasteiger partial charge in [-0.25, -0.2) is 9.78 Å². The molecule has 0 spiro atoms. The first-order valence-corrected chi connectivity index (χ1v) is 7.91. The van der Waals surface area contributed by atoms with Gasteiger partial charge >= 0.3 is 12.0 Å². The molecule has 0 saturated carbocycles. The predicted molar refractivity (Wildman–Crippen MR) is 85.4 cm³/mol. The molecule has 0 bridgehead atoms. The van der Waals surface area contributed by atoms with Gasteiger partial charge in [0, 0.05) is 10.6 Å². The van der Waals surface area contributed by atoms with Crippen LogP contribution in [0.3, 0.4) is 0 Å². The molecule has 9 heteroatoms. The molecule has 0 aliphatic heterocycles. The van der Waals surface area contributed by atoms with Gasteiger partial charge in [0.15, 0.2) is 5.13 Å². The number of hydrogen-bond donors (Lipinski definition) is 1. The molecule has 0 atom stereocenters. The third kappa shape index (κ3) is 4.18. The van der Waals surface area contributed by atoms with Crippen molar-refractivity contribution in [3.05, 3.63) is 27.3 Å². The number of nitrogens with one attached hydrogen (secondary N) is 1. The molecule has 0 fully saturated rings. The average Bonchev–Trinajstić information content (AvgIpc) is 3.03. The highest BCUT2D eigenvalue weighted by molar-refractivity contribution is 7.18. The van der Waals surface area contributed by atoms with Crippen LogP contribution in [-0.2, 0) is 4.74 Å². The lowest BCUT2D eigenvalue weighted by Crippen LogP contribution is -2.27. The van der Waals surface area contributed by atoms with Crippen molar-refractivity contribution in [3.63, 3.8) is 0 Å². The van der Waals surface area contributed by atoms with E-state index in [1.807, 2.05) is 0 Å². The molecule has 22 heavy (non-hydrogen) atoms. The van der Waals surface area contributed by atoms with E-state index in [2.05, 4.69) is 15.5 Å². The topological polar surface area (TPSA) is 97.7 Å². The van der Waals surface area contributed by atoms with Crippen LogP contribution in [0.4, 0.5) is 9.93 Å². The highest BCUT2D eigenvalue weighted by Gasteiger charge is 2.18. The maximum atomic E-state index is 11.7. The van der Waals surface area contributed by atoms with Crippen molar-refractivity contribution < 1.29 is 14.3 Å². The van der Waals surface area contributed by atoms with Crippen LogP contribution in [0.25, 0.3) is 10.6 Å². The molecule has 0 aromatic carbocycles. The second-order valence-electron chi connectivity index (χ2n) is 5.23. The molecule has 0 aliphatic rings. The zero-order valence-corrected chi connectivity index (χ0v) is 13.7. The van der Waals surface area contributed by atoms with Crippen LogP contribution < -0.4 is 5.32 Å². The summed E-state index contributed by atoms with van der Waals surface area (Å²) in [5, 5.41) is 7.04. The first-order chi connectivity index (χ1) is 10.3. The molecule has 1 N–H and O–H groups in total. The van der Waals surface area contributed by atoms with Gasteiger partial charge in [-0.05, 0) is 32.9 Å². The average molecular weight is 339 g/mol. The molecule has 0 aliphatic carbocycles. The Morgan fingerprint density at radius 3 is 2.68 bits per heavy atom. The molecule has 2 rings (SSSR count). The minimum Gasteiger partial charge on any atom is -0.444 e. The Bertz CT molecular complexity index is 715. The SMILES string of the molecule is CC(C)(C)OC(=O)Nc1nc(-c2ccc(C(=O)N=O)s2)cs1. The van der Waals surface area contributed by atoms with Crippen LogP contribution in [0, 0.1) is 4.91 Å². The van der Waals surface area contributed by atoms with Crippen LogP contribution in [0.2, 0.25) is 0 Å². The van der Waals surface area contributed by atoms with Gasteiger partial charge in [0.05, 0.1) is 15.4 Å². The number of nitroso groups, excluding NO2 is 1. The predicted octanol–water partition coefficient (Wildman–Crippen LogP) is 4.13. The first-order valence-electron chi connectivity index (χ1n) is 6.22. The Morgan fingerprint density at radius 2 is 2.05 bits per heavy atom. The first kappa shape index (κ1) is 16.2. The number of amides is 2. The fourth-order valence-electron chi connectivity index (χ4n) is 1.47. The monoisotopic (exact) mass is 339 g/mol. The van der Waals surface area contributed by atoms with E-state index in [-0.39, 0.29) is 4.88 Å². The number of carbonyl (C=O) groups is 2. The van der Waals surface area contributed by atoms with Crippen LogP contribution in [0.5, 0.6) is 0 Å². The van der Waals surface area contributed by atoms with E-state index in [0.717, 1.165) is 11.3 Å². The summed E-state index contributed by atoms with van der Waals surface area (Å²) in [6, 6.07) is 3.19. The quantitative estimate of drug-likeness (QED) is 0.848. The van der Waals surface area contributed by atoms with E-state index in [1.54, 1.807) is 32.2 Å². The zero-order chi connectivity index (χ0) is 16.3. The number of anilines is 1. The number of rotatable bonds is 3. The normalized spacial score (nSPS) is 11.0. The Balaban J connectivity index is 2.08. The third-order valence-corrected chi connectivity index (χ3v) is 4.12. The van der Waals surface area contributed by atoms with Crippen LogP contribution in [0.15, 0.2) is 22.7 Å². The summed E-state index contributed by atoms with van der Waals surface area (Å²) in [7, 11) is 0. The van der Waals surface area contributed by atoms with Crippen molar-refractivity contribution in [2.75, 3.05) is 5.32 Å². The summed E-state index contributed by atoms with van der Waals surface area (Å²) in [5.74, 6) is -0.807. The molecule has 116 valence electrons. The molecule has 0 saturated heterocycles. The van der Waals surface area contributed by atoms with Crippen molar-refractivity contribution in [1.29, 1.82) is 0 Å². The Labute approximate surface area is 134 Å². The van der Waals surface area contributed by atoms with Crippen LogP contribution >= 0.6 is 22.7 Å². The second kappa shape index (κ2) is 6.32. The van der Waals surface area contributed by atoms with Gasteiger partial charge in [0.2, 0.25) is 0 Å². The number of hydrogen-bond acceptors (Lipinski definition) is 7. The lowest BCUT2D eigenvalue weighted by atomic mass is 10.2. The van der Waals surface area contributed by atoms with Gasteiger partial charge < -0.3 is 4.74 Å². The third-order valence-electron chi connectivity index (χ3n) is 2.26. The van der Waals surface area contributed by atoms with Crippen LogP contribution in [-0.4, -0.2) is 22.6 Å².